The van der Waals surface area contributed by atoms with Gasteiger partial charge in [-0.15, -0.1) is 0 Å². The first-order valence-electron chi connectivity index (χ1n) is 12.7. The smallest absolute Gasteiger partial charge is 0.255 e. The molecule has 4 aliphatic rings. The number of rotatable bonds is 4. The van der Waals surface area contributed by atoms with Gasteiger partial charge >= 0.3 is 0 Å². The number of amides is 1. The van der Waals surface area contributed by atoms with Gasteiger partial charge in [-0.05, 0) is 46.2 Å². The van der Waals surface area contributed by atoms with E-state index >= 15 is 4.39 Å². The topological polar surface area (TPSA) is 165 Å². The second kappa shape index (κ2) is 8.62. The van der Waals surface area contributed by atoms with Crippen molar-refractivity contribution in [3.8, 4) is 5.75 Å². The van der Waals surface area contributed by atoms with E-state index in [9.17, 15) is 34.8 Å². The highest BCUT2D eigenvalue weighted by Crippen LogP contribution is 2.53. The summed E-state index contributed by atoms with van der Waals surface area (Å²) in [7, 11) is 3.11. The van der Waals surface area contributed by atoms with Gasteiger partial charge in [0.1, 0.15) is 28.7 Å². The standard InChI is InChI=1S/C27H32FN3O7/c1-5-10(2)31-8-13-14(9-31)21(32)17-12(19(13)28)6-11-7-15-20(30(3)4)23(34)18(26(29)37)25(36)27(15,38)24(35)16(11)22(17)33/h10-11,15,20,32,34-35,38H,5-9H2,1-4H3,(H2,29,37)/t10?,11-,15-,20-,27-/m0/s1. The molecule has 6 N–H and O–H groups in total. The van der Waals surface area contributed by atoms with E-state index in [0.29, 0.717) is 11.1 Å². The number of primary amides is 1. The number of carbonyl (C=O) groups is 3. The number of fused-ring (bicyclic) bond motifs is 4. The summed E-state index contributed by atoms with van der Waals surface area (Å²) >= 11 is 0. The molecule has 0 bridgehead atoms. The highest BCUT2D eigenvalue weighted by molar-refractivity contribution is 6.24. The van der Waals surface area contributed by atoms with Gasteiger partial charge in [0, 0.05) is 47.3 Å². The van der Waals surface area contributed by atoms with Crippen molar-refractivity contribution < 1.29 is 39.2 Å². The number of halogens is 1. The Morgan fingerprint density at radius 2 is 1.82 bits per heavy atom. The number of benzene rings is 1. The van der Waals surface area contributed by atoms with Crippen molar-refractivity contribution in [3.05, 3.63) is 50.7 Å². The van der Waals surface area contributed by atoms with E-state index in [1.807, 2.05) is 18.7 Å². The predicted octanol–water partition coefficient (Wildman–Crippen LogP) is 1.37. The van der Waals surface area contributed by atoms with Gasteiger partial charge in [-0.2, -0.15) is 0 Å². The van der Waals surface area contributed by atoms with Gasteiger partial charge < -0.3 is 26.2 Å². The highest BCUT2D eigenvalue weighted by Gasteiger charge is 2.63. The summed E-state index contributed by atoms with van der Waals surface area (Å²) < 4.78 is 15.9. The molecule has 1 aliphatic heterocycles. The monoisotopic (exact) mass is 529 g/mol. The van der Waals surface area contributed by atoms with Crippen LogP contribution in [0, 0.1) is 17.7 Å². The third-order valence-corrected chi connectivity index (χ3v) is 8.97. The Hall–Kier alpha value is -3.28. The number of nitrogens with zero attached hydrogens (tertiary/aromatic N) is 2. The SMILES string of the molecule is CCC(C)N1Cc2c(O)c3c(c(F)c2C1)C[C@H]1C[C@H]2[C@H](N(C)C)C(O)=C(C(N)=O)C(=O)[C@@]2(O)C(O)=C1C3=O. The number of nitrogens with two attached hydrogens (primary N) is 1. The Kier molecular flexibility index (Phi) is 5.97. The third-order valence-electron chi connectivity index (χ3n) is 8.97. The first-order chi connectivity index (χ1) is 17.8. The van der Waals surface area contributed by atoms with Crippen molar-refractivity contribution in [1.29, 1.82) is 0 Å². The maximum atomic E-state index is 15.9. The van der Waals surface area contributed by atoms with E-state index in [0.717, 1.165) is 6.42 Å². The molecule has 1 unspecified atom stereocenters. The second-order valence-corrected chi connectivity index (χ2v) is 11.1. The summed E-state index contributed by atoms with van der Waals surface area (Å²) in [6.45, 7) is 4.54. The molecule has 3 aliphatic carbocycles. The van der Waals surface area contributed by atoms with Crippen LogP contribution < -0.4 is 5.73 Å². The molecule has 0 fully saturated rings. The molecule has 10 nitrogen and oxygen atoms in total. The number of carbonyl (C=O) groups excluding carboxylic acids is 3. The van der Waals surface area contributed by atoms with Crippen LogP contribution in [-0.4, -0.2) is 79.5 Å². The van der Waals surface area contributed by atoms with Gasteiger partial charge in [0.25, 0.3) is 5.91 Å². The Balaban J connectivity index is 1.68. The van der Waals surface area contributed by atoms with Crippen LogP contribution in [-0.2, 0) is 29.1 Å². The van der Waals surface area contributed by atoms with E-state index in [1.54, 1.807) is 14.1 Å². The number of aliphatic hydroxyl groups is 3. The molecular formula is C27H32FN3O7. The lowest BCUT2D eigenvalue weighted by molar-refractivity contribution is -0.148. The van der Waals surface area contributed by atoms with Crippen LogP contribution in [0.15, 0.2) is 22.7 Å². The zero-order chi connectivity index (χ0) is 28.0. The van der Waals surface area contributed by atoms with Gasteiger partial charge in [0.2, 0.25) is 5.78 Å². The number of likely N-dealkylation sites (N-methyl/N-ethyl adjacent to an activating group) is 1. The predicted molar refractivity (Wildman–Crippen MR) is 133 cm³/mol. The molecule has 1 heterocycles. The van der Waals surface area contributed by atoms with E-state index < -0.39 is 63.9 Å². The zero-order valence-corrected chi connectivity index (χ0v) is 21.7. The first-order valence-corrected chi connectivity index (χ1v) is 12.7. The van der Waals surface area contributed by atoms with Crippen LogP contribution in [0.1, 0.15) is 53.7 Å². The number of aromatic hydroxyl groups is 1. The minimum atomic E-state index is -2.72. The summed E-state index contributed by atoms with van der Waals surface area (Å²) in [5.41, 5.74) is 1.86. The molecule has 1 aromatic rings. The Labute approximate surface area is 218 Å². The molecule has 5 atom stereocenters. The lowest BCUT2D eigenvalue weighted by atomic mass is 9.58. The normalized spacial score (nSPS) is 29.8. The Morgan fingerprint density at radius 3 is 2.39 bits per heavy atom. The van der Waals surface area contributed by atoms with Crippen molar-refractivity contribution in [2.75, 3.05) is 14.1 Å². The van der Waals surface area contributed by atoms with Crippen molar-refractivity contribution >= 4 is 17.5 Å². The number of ketones is 2. The minimum absolute atomic E-state index is 0.0327. The van der Waals surface area contributed by atoms with Gasteiger partial charge in [0.15, 0.2) is 11.4 Å². The van der Waals surface area contributed by atoms with Crippen LogP contribution in [0.4, 0.5) is 4.39 Å². The van der Waals surface area contributed by atoms with Crippen LogP contribution in [0.25, 0.3) is 0 Å². The van der Waals surface area contributed by atoms with Crippen molar-refractivity contribution in [2.24, 2.45) is 17.6 Å². The maximum Gasteiger partial charge on any atom is 0.255 e. The molecule has 1 aromatic carbocycles. The van der Waals surface area contributed by atoms with Crippen molar-refractivity contribution in [3.63, 3.8) is 0 Å². The number of phenolic OH excluding ortho intramolecular Hbond substituents is 1. The minimum Gasteiger partial charge on any atom is -0.510 e. The fraction of sp³-hybridized carbons (Fsp3) is 0.519. The molecule has 0 saturated heterocycles. The number of phenols is 1. The summed E-state index contributed by atoms with van der Waals surface area (Å²) in [5.74, 6) is -7.97. The summed E-state index contributed by atoms with van der Waals surface area (Å²) in [4.78, 5) is 42.7. The van der Waals surface area contributed by atoms with Crippen molar-refractivity contribution in [1.82, 2.24) is 9.80 Å². The fourth-order valence-electron chi connectivity index (χ4n) is 6.81. The Morgan fingerprint density at radius 1 is 1.18 bits per heavy atom. The number of hydrogen-bond acceptors (Lipinski definition) is 9. The molecule has 204 valence electrons. The van der Waals surface area contributed by atoms with Gasteiger partial charge in [-0.25, -0.2) is 4.39 Å². The van der Waals surface area contributed by atoms with E-state index in [4.69, 9.17) is 5.73 Å². The number of aliphatic hydroxyl groups excluding tert-OH is 2. The summed E-state index contributed by atoms with van der Waals surface area (Å²) in [6.07, 6.45) is 0.666. The van der Waals surface area contributed by atoms with E-state index in [1.165, 1.54) is 4.90 Å². The molecule has 5 rings (SSSR count). The van der Waals surface area contributed by atoms with E-state index in [2.05, 4.69) is 0 Å². The van der Waals surface area contributed by atoms with Crippen LogP contribution >= 0.6 is 0 Å². The molecule has 11 heteroatoms. The largest absolute Gasteiger partial charge is 0.510 e. The number of allylic oxidation sites excluding steroid dienone is 1. The van der Waals surface area contributed by atoms with E-state index in [-0.39, 0.29) is 54.4 Å². The average molecular weight is 530 g/mol. The number of hydrogen-bond donors (Lipinski definition) is 5. The molecule has 0 radical (unpaired) electrons. The van der Waals surface area contributed by atoms with Gasteiger partial charge in [-0.3, -0.25) is 24.2 Å². The lowest BCUT2D eigenvalue weighted by Crippen LogP contribution is -2.63. The Bertz CT molecular complexity index is 1370. The quantitative estimate of drug-likeness (QED) is 0.362. The average Bonchev–Trinajstić information content (AvgIpc) is 3.30. The molecular weight excluding hydrogens is 497 g/mol. The summed E-state index contributed by atoms with van der Waals surface area (Å²) in [6, 6.07) is -0.975. The third kappa shape index (κ3) is 3.25. The lowest BCUT2D eigenvalue weighted by Gasteiger charge is -2.50. The van der Waals surface area contributed by atoms with Crippen LogP contribution in [0.5, 0.6) is 5.75 Å². The highest BCUT2D eigenvalue weighted by atomic mass is 19.1. The second-order valence-electron chi connectivity index (χ2n) is 11.1. The number of Topliss-reactive ketones (excluding diaryl/α,β-unsaturated/α-hetero) is 2. The molecule has 0 saturated carbocycles. The molecule has 0 aromatic heterocycles. The fourth-order valence-corrected chi connectivity index (χ4v) is 6.81. The van der Waals surface area contributed by atoms with Crippen LogP contribution in [0.3, 0.4) is 0 Å². The van der Waals surface area contributed by atoms with Gasteiger partial charge in [-0.1, -0.05) is 6.92 Å². The molecule has 1 amide bonds. The van der Waals surface area contributed by atoms with Crippen molar-refractivity contribution in [2.45, 2.75) is 63.9 Å². The molecule has 0 spiro atoms. The first kappa shape index (κ1) is 26.3. The van der Waals surface area contributed by atoms with Crippen LogP contribution in [0.2, 0.25) is 0 Å². The zero-order valence-electron chi connectivity index (χ0n) is 21.7. The van der Waals surface area contributed by atoms with Gasteiger partial charge in [0.05, 0.1) is 11.6 Å². The maximum absolute atomic E-state index is 15.9. The molecule has 38 heavy (non-hydrogen) atoms. The summed E-state index contributed by atoms with van der Waals surface area (Å²) in [5, 5.41) is 45.0.